The van der Waals surface area contributed by atoms with Crippen LogP contribution in [0.25, 0.3) is 0 Å². The summed E-state index contributed by atoms with van der Waals surface area (Å²) in [6.07, 6.45) is 0. The van der Waals surface area contributed by atoms with Crippen molar-refractivity contribution in [3.05, 3.63) is 0 Å². The molecule has 3 heteroatoms. The van der Waals surface area contributed by atoms with Crippen LogP contribution in [0.5, 0.6) is 0 Å². The molecule has 0 unspecified atom stereocenters. The number of hydrogen-bond donors (Lipinski definition) is 0. The van der Waals surface area contributed by atoms with Crippen molar-refractivity contribution in [2.75, 3.05) is 41.7 Å². The summed E-state index contributed by atoms with van der Waals surface area (Å²) in [6.45, 7) is 1.63. The first-order valence-electron chi connectivity index (χ1n) is 2.99. The van der Waals surface area contributed by atoms with Crippen LogP contribution in [0.1, 0.15) is 0 Å². The van der Waals surface area contributed by atoms with E-state index in [0.717, 1.165) is 6.67 Å². The molecule has 0 saturated heterocycles. The van der Waals surface area contributed by atoms with Crippen molar-refractivity contribution in [1.82, 2.24) is 9.80 Å². The Morgan fingerprint density at radius 2 is 1.78 bits per heavy atom. The van der Waals surface area contributed by atoms with Crippen LogP contribution < -0.4 is 0 Å². The van der Waals surface area contributed by atoms with E-state index in [0.29, 0.717) is 6.73 Å². The molecule has 0 atom stereocenters. The summed E-state index contributed by atoms with van der Waals surface area (Å²) in [5, 5.41) is 0. The topological polar surface area (TPSA) is 15.7 Å². The average Bonchev–Trinajstić information content (AvgIpc) is 1.63. The van der Waals surface area contributed by atoms with Crippen molar-refractivity contribution in [3.8, 4) is 0 Å². The number of methoxy groups -OCH3 is 1. The summed E-state index contributed by atoms with van der Waals surface area (Å²) in [5.74, 6) is 0. The molecule has 0 aliphatic carbocycles. The second kappa shape index (κ2) is 4.73. The number of nitrogens with zero attached hydrogens (tertiary/aromatic N) is 2. The largest absolute Gasteiger partial charge is 0.369 e. The Kier molecular flexibility index (Phi) is 4.67. The van der Waals surface area contributed by atoms with E-state index >= 15 is 0 Å². The number of ether oxygens (including phenoxy) is 1. The van der Waals surface area contributed by atoms with E-state index < -0.39 is 0 Å². The van der Waals surface area contributed by atoms with Gasteiger partial charge in [0.15, 0.2) is 0 Å². The summed E-state index contributed by atoms with van der Waals surface area (Å²) in [6, 6.07) is 0. The summed E-state index contributed by atoms with van der Waals surface area (Å²) in [4.78, 5) is 4.18. The lowest BCUT2D eigenvalue weighted by molar-refractivity contribution is 0.0540. The molecule has 0 N–H and O–H groups in total. The van der Waals surface area contributed by atoms with Crippen molar-refractivity contribution in [1.29, 1.82) is 0 Å². The van der Waals surface area contributed by atoms with Gasteiger partial charge in [0.05, 0.1) is 13.4 Å². The smallest absolute Gasteiger partial charge is 0.0994 e. The zero-order valence-corrected chi connectivity index (χ0v) is 6.72. The van der Waals surface area contributed by atoms with E-state index in [1.54, 1.807) is 7.11 Å². The minimum Gasteiger partial charge on any atom is -0.369 e. The van der Waals surface area contributed by atoms with Crippen molar-refractivity contribution in [3.63, 3.8) is 0 Å². The predicted octanol–water partition coefficient (Wildman–Crippen LogP) is 0.0412. The summed E-state index contributed by atoms with van der Waals surface area (Å²) in [5.41, 5.74) is 0. The molecule has 0 aromatic rings. The van der Waals surface area contributed by atoms with E-state index in [2.05, 4.69) is 9.80 Å². The highest BCUT2D eigenvalue weighted by Gasteiger charge is 1.95. The lowest BCUT2D eigenvalue weighted by Crippen LogP contribution is -2.31. The van der Waals surface area contributed by atoms with E-state index in [-0.39, 0.29) is 0 Å². The second-order valence-electron chi connectivity index (χ2n) is 2.49. The van der Waals surface area contributed by atoms with Crippen LogP contribution in [0.2, 0.25) is 0 Å². The molecule has 0 radical (unpaired) electrons. The molecule has 9 heavy (non-hydrogen) atoms. The Hall–Kier alpha value is -0.120. The van der Waals surface area contributed by atoms with E-state index in [1.165, 1.54) is 0 Å². The van der Waals surface area contributed by atoms with Gasteiger partial charge in [-0.1, -0.05) is 0 Å². The zero-order chi connectivity index (χ0) is 7.28. The molecular weight excluding hydrogens is 116 g/mol. The molecule has 0 spiro atoms. The van der Waals surface area contributed by atoms with Crippen LogP contribution in [-0.4, -0.2) is 51.5 Å². The third-order valence-electron chi connectivity index (χ3n) is 0.874. The highest BCUT2D eigenvalue weighted by atomic mass is 16.5. The lowest BCUT2D eigenvalue weighted by atomic mass is 10.8. The van der Waals surface area contributed by atoms with Gasteiger partial charge in [0.25, 0.3) is 0 Å². The normalized spacial score (nSPS) is 11.3. The van der Waals surface area contributed by atoms with Crippen LogP contribution in [-0.2, 0) is 4.74 Å². The van der Waals surface area contributed by atoms with Gasteiger partial charge in [-0.3, -0.25) is 9.80 Å². The van der Waals surface area contributed by atoms with Crippen molar-refractivity contribution < 1.29 is 4.74 Å². The molecule has 0 aromatic heterocycles. The first kappa shape index (κ1) is 8.88. The molecule has 0 aliphatic rings. The third kappa shape index (κ3) is 5.76. The second-order valence-corrected chi connectivity index (χ2v) is 2.49. The van der Waals surface area contributed by atoms with Gasteiger partial charge in [-0.15, -0.1) is 0 Å². The molecule has 0 heterocycles. The van der Waals surface area contributed by atoms with Gasteiger partial charge < -0.3 is 4.74 Å². The number of hydrogen-bond acceptors (Lipinski definition) is 3. The molecule has 0 aliphatic heterocycles. The van der Waals surface area contributed by atoms with Gasteiger partial charge in [-0.05, 0) is 21.1 Å². The fraction of sp³-hybridized carbons (Fsp3) is 1.00. The molecule has 0 amide bonds. The Morgan fingerprint density at radius 1 is 1.22 bits per heavy atom. The summed E-state index contributed by atoms with van der Waals surface area (Å²) < 4.78 is 4.90. The maximum Gasteiger partial charge on any atom is 0.0994 e. The minimum absolute atomic E-state index is 0.693. The molecule has 0 bridgehead atoms. The van der Waals surface area contributed by atoms with Crippen LogP contribution >= 0.6 is 0 Å². The van der Waals surface area contributed by atoms with Crippen LogP contribution in [0.15, 0.2) is 0 Å². The highest BCUT2D eigenvalue weighted by molar-refractivity contribution is 4.39. The lowest BCUT2D eigenvalue weighted by Gasteiger charge is -2.19. The van der Waals surface area contributed by atoms with Crippen LogP contribution in [0, 0.1) is 0 Å². The van der Waals surface area contributed by atoms with E-state index in [4.69, 9.17) is 4.74 Å². The predicted molar refractivity (Wildman–Crippen MR) is 38.2 cm³/mol. The molecule has 0 aromatic carbocycles. The Labute approximate surface area is 57.2 Å². The molecule has 0 saturated carbocycles. The molecular formula is C6H16N2O. The summed E-state index contributed by atoms with van der Waals surface area (Å²) >= 11 is 0. The fourth-order valence-corrected chi connectivity index (χ4v) is 0.744. The SMILES string of the molecule is COCN(C)CN(C)C. The maximum atomic E-state index is 4.90. The van der Waals surface area contributed by atoms with Crippen molar-refractivity contribution in [2.24, 2.45) is 0 Å². The fourth-order valence-electron chi connectivity index (χ4n) is 0.744. The Morgan fingerprint density at radius 3 is 2.11 bits per heavy atom. The number of rotatable bonds is 4. The zero-order valence-electron chi connectivity index (χ0n) is 6.72. The van der Waals surface area contributed by atoms with Gasteiger partial charge in [-0.25, -0.2) is 0 Å². The first-order valence-corrected chi connectivity index (χ1v) is 2.99. The maximum absolute atomic E-state index is 4.90. The molecule has 0 rings (SSSR count). The van der Waals surface area contributed by atoms with Crippen LogP contribution in [0.4, 0.5) is 0 Å². The van der Waals surface area contributed by atoms with Gasteiger partial charge in [-0.2, -0.15) is 0 Å². The third-order valence-corrected chi connectivity index (χ3v) is 0.874. The average molecular weight is 132 g/mol. The van der Waals surface area contributed by atoms with Gasteiger partial charge in [0.1, 0.15) is 0 Å². The molecule has 0 fully saturated rings. The Balaban J connectivity index is 3.15. The highest BCUT2D eigenvalue weighted by Crippen LogP contribution is 1.82. The minimum atomic E-state index is 0.693. The van der Waals surface area contributed by atoms with Crippen molar-refractivity contribution >= 4 is 0 Å². The van der Waals surface area contributed by atoms with Gasteiger partial charge in [0, 0.05) is 7.11 Å². The van der Waals surface area contributed by atoms with Gasteiger partial charge in [0.2, 0.25) is 0 Å². The Bertz CT molecular complexity index is 66.1. The quantitative estimate of drug-likeness (QED) is 0.502. The van der Waals surface area contributed by atoms with E-state index in [1.807, 2.05) is 21.1 Å². The van der Waals surface area contributed by atoms with E-state index in [9.17, 15) is 0 Å². The first-order chi connectivity index (χ1) is 4.16. The van der Waals surface area contributed by atoms with Gasteiger partial charge >= 0.3 is 0 Å². The molecule has 56 valence electrons. The monoisotopic (exact) mass is 132 g/mol. The van der Waals surface area contributed by atoms with Crippen molar-refractivity contribution in [2.45, 2.75) is 0 Å². The van der Waals surface area contributed by atoms with Crippen LogP contribution in [0.3, 0.4) is 0 Å². The standard InChI is InChI=1S/C6H16N2O/c1-7(2)5-8(3)6-9-4/h5-6H2,1-4H3. The molecule has 3 nitrogen and oxygen atoms in total. The summed E-state index contributed by atoms with van der Waals surface area (Å²) in [7, 11) is 7.79.